The normalized spacial score (nSPS) is 16.8. The Kier molecular flexibility index (Phi) is 4.59. The lowest BCUT2D eigenvalue weighted by molar-refractivity contribution is -0.286. The highest BCUT2D eigenvalue weighted by molar-refractivity contribution is 6.01. The Balaban J connectivity index is 0.00000171. The van der Waals surface area contributed by atoms with Crippen LogP contribution in [0.25, 0.3) is 11.3 Å². The van der Waals surface area contributed by atoms with Crippen LogP contribution in [-0.4, -0.2) is 28.3 Å². The van der Waals surface area contributed by atoms with Crippen molar-refractivity contribution in [3.05, 3.63) is 71.3 Å². The number of benzene rings is 2. The number of pyridine rings is 1. The molecule has 2 N–H and O–H groups in total. The van der Waals surface area contributed by atoms with Crippen LogP contribution in [0.5, 0.6) is 11.5 Å². The Hall–Kier alpha value is -4.01. The number of anilines is 1. The van der Waals surface area contributed by atoms with Crippen LogP contribution >= 0.6 is 0 Å². The molecule has 3 aromatic rings. The molecule has 2 aliphatic rings. The van der Waals surface area contributed by atoms with E-state index in [9.17, 15) is 23.5 Å². The average molecular weight is 456 g/mol. The molecule has 0 saturated heterocycles. The molecule has 1 aliphatic carbocycles. The minimum absolute atomic E-state index is 0. The number of nitrogens with one attached hydrogen (secondary N) is 1. The van der Waals surface area contributed by atoms with Crippen LogP contribution in [0.4, 0.5) is 14.6 Å². The first-order valence-electron chi connectivity index (χ1n) is 10.2. The van der Waals surface area contributed by atoms with Crippen molar-refractivity contribution in [1.29, 1.82) is 0 Å². The van der Waals surface area contributed by atoms with Crippen molar-refractivity contribution in [1.82, 2.24) is 4.98 Å². The Labute approximate surface area is 190 Å². The predicted octanol–water partition coefficient (Wildman–Crippen LogP) is 5.24. The van der Waals surface area contributed by atoms with Gasteiger partial charge in [-0.1, -0.05) is 24.3 Å². The van der Waals surface area contributed by atoms with Gasteiger partial charge in [-0.05, 0) is 61.2 Å². The molecule has 9 heteroatoms. The fourth-order valence-electron chi connectivity index (χ4n) is 4.05. The van der Waals surface area contributed by atoms with Crippen LogP contribution < -0.4 is 14.8 Å². The van der Waals surface area contributed by atoms with Crippen molar-refractivity contribution in [2.75, 3.05) is 5.32 Å². The van der Waals surface area contributed by atoms with E-state index in [2.05, 4.69) is 19.8 Å². The molecule has 0 radical (unpaired) electrons. The van der Waals surface area contributed by atoms with Gasteiger partial charge in [0.15, 0.2) is 11.5 Å². The van der Waals surface area contributed by atoms with E-state index in [1.807, 2.05) is 0 Å². The summed E-state index contributed by atoms with van der Waals surface area (Å²) in [6.07, 6.45) is -2.62. The zero-order chi connectivity index (χ0) is 23.4. The number of halogens is 2. The molecule has 1 aromatic heterocycles. The number of hydrogen-bond donors (Lipinski definition) is 2. The Morgan fingerprint density at radius 3 is 2.52 bits per heavy atom. The minimum Gasteiger partial charge on any atom is -0.478 e. The molecule has 2 heterocycles. The summed E-state index contributed by atoms with van der Waals surface area (Å²) < 4.78 is 35.6. The summed E-state index contributed by atoms with van der Waals surface area (Å²) in [5.41, 5.74) is 1.59. The van der Waals surface area contributed by atoms with Crippen molar-refractivity contribution >= 4 is 17.7 Å². The number of nitrogens with zero attached hydrogens (tertiary/aromatic N) is 1. The molecule has 33 heavy (non-hydrogen) atoms. The number of alkyl halides is 2. The summed E-state index contributed by atoms with van der Waals surface area (Å²) in [4.78, 5) is 29.1. The van der Waals surface area contributed by atoms with Gasteiger partial charge in [-0.15, -0.1) is 8.78 Å². The monoisotopic (exact) mass is 456 g/mol. The van der Waals surface area contributed by atoms with E-state index in [1.165, 1.54) is 18.2 Å². The number of aromatic carboxylic acids is 1. The zero-order valence-corrected chi connectivity index (χ0v) is 17.4. The van der Waals surface area contributed by atoms with Gasteiger partial charge in [-0.25, -0.2) is 9.78 Å². The van der Waals surface area contributed by atoms with Gasteiger partial charge in [0, 0.05) is 8.42 Å². The number of hydrogen-bond acceptors (Lipinski definition) is 5. The molecule has 0 unspecified atom stereocenters. The lowest BCUT2D eigenvalue weighted by Crippen LogP contribution is -2.28. The smallest absolute Gasteiger partial charge is 0.478 e. The Bertz CT molecular complexity index is 1310. The van der Waals surface area contributed by atoms with Gasteiger partial charge >= 0.3 is 12.3 Å². The van der Waals surface area contributed by atoms with Crippen molar-refractivity contribution in [2.45, 2.75) is 31.5 Å². The SMILES string of the molecule is Cc1c(C(=O)O)cccc1-c1cccc(NC(=O)C2(c3ccc4c(c3)OC(F)(F)O4)CC2)n1.[HH].[HH]. The van der Waals surface area contributed by atoms with Crippen molar-refractivity contribution in [3.63, 3.8) is 0 Å². The number of amides is 1. The summed E-state index contributed by atoms with van der Waals surface area (Å²) >= 11 is 0. The number of carboxylic acids is 1. The van der Waals surface area contributed by atoms with Crippen LogP contribution in [0.2, 0.25) is 0 Å². The predicted molar refractivity (Wildman–Crippen MR) is 118 cm³/mol. The maximum atomic E-state index is 13.3. The Morgan fingerprint density at radius 2 is 1.79 bits per heavy atom. The van der Waals surface area contributed by atoms with Gasteiger partial charge in [-0.3, -0.25) is 4.79 Å². The lowest BCUT2D eigenvalue weighted by Gasteiger charge is -2.16. The van der Waals surface area contributed by atoms with E-state index in [1.54, 1.807) is 43.3 Å². The standard InChI is InChI=1S/C24H18F2N2O5.2H2/c1-13-15(4-2-5-16(13)21(29)30)17-6-3-7-20(27-17)28-22(31)23(10-11-23)14-8-9-18-19(12-14)33-24(25,26)32-18;;/h2-9,12H,10-11H2,1H3,(H,29,30)(H,27,28,31);2*1H. The molecule has 1 fully saturated rings. The first-order valence-corrected chi connectivity index (χ1v) is 10.2. The highest BCUT2D eigenvalue weighted by Gasteiger charge is 2.53. The summed E-state index contributed by atoms with van der Waals surface area (Å²) in [6.45, 7) is 1.70. The number of aromatic nitrogens is 1. The van der Waals surface area contributed by atoms with Gasteiger partial charge < -0.3 is 19.9 Å². The summed E-state index contributed by atoms with van der Waals surface area (Å²) in [5.74, 6) is -1.22. The second-order valence-electron chi connectivity index (χ2n) is 8.06. The first kappa shape index (κ1) is 20.9. The number of rotatable bonds is 5. The molecule has 2 aromatic carbocycles. The quantitative estimate of drug-likeness (QED) is 0.545. The maximum Gasteiger partial charge on any atom is 0.586 e. The minimum atomic E-state index is -3.72. The fraction of sp³-hybridized carbons (Fsp3) is 0.208. The molecule has 1 aliphatic heterocycles. The summed E-state index contributed by atoms with van der Waals surface area (Å²) in [7, 11) is 0. The van der Waals surface area contributed by atoms with Crippen molar-refractivity contribution < 1.29 is 35.8 Å². The summed E-state index contributed by atoms with van der Waals surface area (Å²) in [5, 5.41) is 12.2. The molecule has 7 nitrogen and oxygen atoms in total. The van der Waals surface area contributed by atoms with Crippen LogP contribution in [0.3, 0.4) is 0 Å². The number of carboxylic acid groups (broad SMARTS) is 1. The fourth-order valence-corrected chi connectivity index (χ4v) is 4.05. The number of ether oxygens (including phenoxy) is 2. The molecular weight excluding hydrogens is 434 g/mol. The third-order valence-electron chi connectivity index (χ3n) is 5.97. The molecule has 0 spiro atoms. The topological polar surface area (TPSA) is 97.8 Å². The highest BCUT2D eigenvalue weighted by Crippen LogP contribution is 2.52. The second-order valence-corrected chi connectivity index (χ2v) is 8.06. The summed E-state index contributed by atoms with van der Waals surface area (Å²) in [6, 6.07) is 14.4. The van der Waals surface area contributed by atoms with Gasteiger partial charge in [0.2, 0.25) is 5.91 Å². The van der Waals surface area contributed by atoms with Gasteiger partial charge in [0.1, 0.15) is 5.82 Å². The van der Waals surface area contributed by atoms with E-state index in [0.29, 0.717) is 41.0 Å². The molecule has 1 amide bonds. The molecule has 172 valence electrons. The molecule has 0 bridgehead atoms. The molecular formula is C24H22F2N2O5. The van der Waals surface area contributed by atoms with Crippen LogP contribution in [0.15, 0.2) is 54.6 Å². The largest absolute Gasteiger partial charge is 0.586 e. The van der Waals surface area contributed by atoms with Crippen molar-refractivity contribution in [2.24, 2.45) is 0 Å². The van der Waals surface area contributed by atoms with E-state index in [-0.39, 0.29) is 25.8 Å². The van der Waals surface area contributed by atoms with Crippen LogP contribution in [-0.2, 0) is 10.2 Å². The zero-order valence-electron chi connectivity index (χ0n) is 17.4. The third kappa shape index (κ3) is 3.65. The van der Waals surface area contributed by atoms with Gasteiger partial charge in [0.25, 0.3) is 0 Å². The maximum absolute atomic E-state index is 13.3. The highest BCUT2D eigenvalue weighted by atomic mass is 19.3. The van der Waals surface area contributed by atoms with Gasteiger partial charge in [0.05, 0.1) is 16.7 Å². The number of fused-ring (bicyclic) bond motifs is 1. The Morgan fingerprint density at radius 1 is 1.06 bits per heavy atom. The van der Waals surface area contributed by atoms with Gasteiger partial charge in [-0.2, -0.15) is 0 Å². The molecule has 0 atom stereocenters. The van der Waals surface area contributed by atoms with Crippen LogP contribution in [0, 0.1) is 6.92 Å². The molecule has 5 rings (SSSR count). The first-order chi connectivity index (χ1) is 15.7. The van der Waals surface area contributed by atoms with Crippen LogP contribution in [0.1, 0.15) is 37.2 Å². The van der Waals surface area contributed by atoms with E-state index >= 15 is 0 Å². The second kappa shape index (κ2) is 7.26. The van der Waals surface area contributed by atoms with Crippen molar-refractivity contribution in [3.8, 4) is 22.8 Å². The number of carbonyl (C=O) groups excluding carboxylic acids is 1. The number of carbonyl (C=O) groups is 2. The van der Waals surface area contributed by atoms with E-state index in [0.717, 1.165) is 0 Å². The lowest BCUT2D eigenvalue weighted by atomic mass is 9.94. The van der Waals surface area contributed by atoms with E-state index < -0.39 is 17.7 Å². The average Bonchev–Trinajstić information content (AvgIpc) is 3.51. The third-order valence-corrected chi connectivity index (χ3v) is 5.97. The van der Waals surface area contributed by atoms with E-state index in [4.69, 9.17) is 0 Å². The molecule has 1 saturated carbocycles.